The maximum Gasteiger partial charge on any atom is 0.327 e. The summed E-state index contributed by atoms with van der Waals surface area (Å²) in [5, 5.41) is 24.4. The van der Waals surface area contributed by atoms with E-state index in [9.17, 15) is 24.0 Å². The van der Waals surface area contributed by atoms with E-state index in [1.165, 1.54) is 0 Å². The highest BCUT2D eigenvalue weighted by atomic mass is 32.1. The van der Waals surface area contributed by atoms with Crippen LogP contribution in [-0.2, 0) is 24.0 Å². The fourth-order valence-electron chi connectivity index (χ4n) is 1.91. The molecule has 0 aromatic heterocycles. The molecule has 0 spiro atoms. The van der Waals surface area contributed by atoms with E-state index in [0.717, 1.165) is 0 Å². The lowest BCUT2D eigenvalue weighted by Crippen LogP contribution is -2.55. The van der Waals surface area contributed by atoms with Crippen molar-refractivity contribution in [2.45, 2.75) is 44.8 Å². The molecule has 11 nitrogen and oxygen atoms in total. The van der Waals surface area contributed by atoms with Gasteiger partial charge >= 0.3 is 11.9 Å². The third-order valence-electron chi connectivity index (χ3n) is 3.49. The number of amides is 3. The van der Waals surface area contributed by atoms with Crippen molar-refractivity contribution in [1.82, 2.24) is 16.0 Å². The van der Waals surface area contributed by atoms with Gasteiger partial charge in [0.1, 0.15) is 12.1 Å². The monoisotopic (exact) mass is 406 g/mol. The van der Waals surface area contributed by atoms with Crippen molar-refractivity contribution in [3.63, 3.8) is 0 Å². The fourth-order valence-corrected chi connectivity index (χ4v) is 2.16. The van der Waals surface area contributed by atoms with Gasteiger partial charge in [0.25, 0.3) is 0 Å². The molecule has 154 valence electrons. The Kier molecular flexibility index (Phi) is 11.1. The molecule has 0 saturated carbocycles. The van der Waals surface area contributed by atoms with Crippen LogP contribution in [0, 0.1) is 5.92 Å². The number of nitrogens with one attached hydrogen (secondary N) is 3. The lowest BCUT2D eigenvalue weighted by Gasteiger charge is -2.23. The van der Waals surface area contributed by atoms with E-state index in [1.807, 2.05) is 0 Å². The summed E-state index contributed by atoms with van der Waals surface area (Å²) < 4.78 is 0. The summed E-state index contributed by atoms with van der Waals surface area (Å²) in [4.78, 5) is 57.3. The van der Waals surface area contributed by atoms with E-state index in [0.29, 0.717) is 0 Å². The standard InChI is InChI=1S/C15H26N4O7S/c1-7(2)12(14(24)18-9(6-27)15(25)26)19-10(20)5-17-13(23)8(16)3-4-11(21)22/h7-9,12,27H,3-6,16H2,1-2H3,(H,17,23)(H,18,24)(H,19,20)(H,21,22)(H,25,26). The highest BCUT2D eigenvalue weighted by molar-refractivity contribution is 7.80. The Morgan fingerprint density at radius 3 is 2.07 bits per heavy atom. The molecule has 0 fully saturated rings. The van der Waals surface area contributed by atoms with Gasteiger partial charge in [0, 0.05) is 12.2 Å². The van der Waals surface area contributed by atoms with Crippen LogP contribution in [0.25, 0.3) is 0 Å². The van der Waals surface area contributed by atoms with Crippen LogP contribution in [0.2, 0.25) is 0 Å². The summed E-state index contributed by atoms with van der Waals surface area (Å²) in [6.07, 6.45) is -0.369. The summed E-state index contributed by atoms with van der Waals surface area (Å²) in [5.41, 5.74) is 5.51. The van der Waals surface area contributed by atoms with Gasteiger partial charge in [0.2, 0.25) is 17.7 Å². The average molecular weight is 406 g/mol. The molecule has 0 aliphatic heterocycles. The van der Waals surface area contributed by atoms with E-state index in [-0.39, 0.29) is 24.5 Å². The van der Waals surface area contributed by atoms with Crippen molar-refractivity contribution in [2.75, 3.05) is 12.3 Å². The first kappa shape index (κ1) is 24.7. The molecule has 27 heavy (non-hydrogen) atoms. The molecule has 0 rings (SSSR count). The maximum atomic E-state index is 12.2. The topological polar surface area (TPSA) is 188 Å². The summed E-state index contributed by atoms with van der Waals surface area (Å²) in [6, 6.07) is -3.30. The van der Waals surface area contributed by atoms with Crippen molar-refractivity contribution in [2.24, 2.45) is 11.7 Å². The lowest BCUT2D eigenvalue weighted by molar-refractivity contribution is -0.142. The average Bonchev–Trinajstić information content (AvgIpc) is 2.58. The van der Waals surface area contributed by atoms with E-state index in [2.05, 4.69) is 28.6 Å². The molecule has 0 aromatic carbocycles. The molecule has 3 amide bonds. The van der Waals surface area contributed by atoms with Gasteiger partial charge in [0.15, 0.2) is 0 Å². The van der Waals surface area contributed by atoms with E-state index >= 15 is 0 Å². The Morgan fingerprint density at radius 1 is 1.04 bits per heavy atom. The van der Waals surface area contributed by atoms with Crippen LogP contribution >= 0.6 is 12.6 Å². The molecule has 0 aliphatic carbocycles. The number of rotatable bonds is 12. The van der Waals surface area contributed by atoms with Gasteiger partial charge in [-0.05, 0) is 12.3 Å². The Morgan fingerprint density at radius 2 is 1.63 bits per heavy atom. The van der Waals surface area contributed by atoms with E-state index in [1.54, 1.807) is 13.8 Å². The smallest absolute Gasteiger partial charge is 0.327 e. The summed E-state index contributed by atoms with van der Waals surface area (Å²) in [7, 11) is 0. The minimum absolute atomic E-state index is 0.0832. The van der Waals surface area contributed by atoms with Gasteiger partial charge in [-0.25, -0.2) is 4.79 Å². The molecule has 0 aromatic rings. The Balaban J connectivity index is 4.63. The summed E-state index contributed by atoms with van der Waals surface area (Å²) in [5.74, 6) is -4.89. The second-order valence-electron chi connectivity index (χ2n) is 6.13. The number of aliphatic carboxylic acids is 2. The molecular formula is C15H26N4O7S. The van der Waals surface area contributed by atoms with Crippen molar-refractivity contribution < 1.29 is 34.2 Å². The Labute approximate surface area is 161 Å². The van der Waals surface area contributed by atoms with Gasteiger partial charge < -0.3 is 31.9 Å². The zero-order valence-corrected chi connectivity index (χ0v) is 16.0. The zero-order chi connectivity index (χ0) is 21.1. The highest BCUT2D eigenvalue weighted by Crippen LogP contribution is 2.03. The third kappa shape index (κ3) is 9.80. The predicted molar refractivity (Wildman–Crippen MR) is 98.0 cm³/mol. The zero-order valence-electron chi connectivity index (χ0n) is 15.1. The number of carboxylic acid groups (broad SMARTS) is 2. The van der Waals surface area contributed by atoms with Crippen molar-refractivity contribution in [3.8, 4) is 0 Å². The number of thiol groups is 1. The Bertz CT molecular complexity index is 570. The number of nitrogens with two attached hydrogens (primary N) is 1. The van der Waals surface area contributed by atoms with Crippen molar-refractivity contribution in [3.05, 3.63) is 0 Å². The van der Waals surface area contributed by atoms with Gasteiger partial charge in [-0.1, -0.05) is 13.8 Å². The molecule has 12 heteroatoms. The number of hydrogen-bond donors (Lipinski definition) is 7. The molecule has 0 heterocycles. The Hall–Kier alpha value is -2.34. The largest absolute Gasteiger partial charge is 0.481 e. The molecular weight excluding hydrogens is 380 g/mol. The normalized spacial score (nSPS) is 14.0. The molecule has 0 radical (unpaired) electrons. The van der Waals surface area contributed by atoms with Gasteiger partial charge in [-0.2, -0.15) is 12.6 Å². The van der Waals surface area contributed by atoms with E-state index in [4.69, 9.17) is 15.9 Å². The molecule has 7 N–H and O–H groups in total. The van der Waals surface area contributed by atoms with Gasteiger partial charge in [-0.3, -0.25) is 19.2 Å². The molecule has 3 atom stereocenters. The molecule has 3 unspecified atom stereocenters. The fraction of sp³-hybridized carbons (Fsp3) is 0.667. The highest BCUT2D eigenvalue weighted by Gasteiger charge is 2.28. The van der Waals surface area contributed by atoms with Gasteiger partial charge in [0.05, 0.1) is 12.6 Å². The SMILES string of the molecule is CC(C)C(NC(=O)CNC(=O)C(N)CCC(=O)O)C(=O)NC(CS)C(=O)O. The number of carboxylic acids is 2. The quantitative estimate of drug-likeness (QED) is 0.180. The van der Waals surface area contributed by atoms with Crippen LogP contribution in [0.1, 0.15) is 26.7 Å². The van der Waals surface area contributed by atoms with Crippen LogP contribution in [-0.4, -0.2) is 70.3 Å². The third-order valence-corrected chi connectivity index (χ3v) is 3.86. The first-order valence-corrected chi connectivity index (χ1v) is 8.81. The van der Waals surface area contributed by atoms with Crippen molar-refractivity contribution in [1.29, 1.82) is 0 Å². The van der Waals surface area contributed by atoms with Crippen LogP contribution in [0.15, 0.2) is 0 Å². The number of carbonyl (C=O) groups is 5. The van der Waals surface area contributed by atoms with Crippen LogP contribution in [0.3, 0.4) is 0 Å². The number of carbonyl (C=O) groups excluding carboxylic acids is 3. The lowest BCUT2D eigenvalue weighted by atomic mass is 10.0. The number of hydrogen-bond acceptors (Lipinski definition) is 7. The molecule has 0 saturated heterocycles. The van der Waals surface area contributed by atoms with Crippen LogP contribution in [0.4, 0.5) is 0 Å². The second kappa shape index (κ2) is 12.1. The first-order valence-electron chi connectivity index (χ1n) is 8.18. The minimum atomic E-state index is -1.25. The first-order chi connectivity index (χ1) is 12.5. The maximum absolute atomic E-state index is 12.2. The summed E-state index contributed by atoms with van der Waals surface area (Å²) in [6.45, 7) is 2.84. The minimum Gasteiger partial charge on any atom is -0.481 e. The second-order valence-corrected chi connectivity index (χ2v) is 6.49. The predicted octanol–water partition coefficient (Wildman–Crippen LogP) is -2.07. The molecule has 0 aliphatic rings. The summed E-state index contributed by atoms with van der Waals surface area (Å²) >= 11 is 3.85. The van der Waals surface area contributed by atoms with Crippen LogP contribution < -0.4 is 21.7 Å². The van der Waals surface area contributed by atoms with Crippen molar-refractivity contribution >= 4 is 42.3 Å². The van der Waals surface area contributed by atoms with Gasteiger partial charge in [-0.15, -0.1) is 0 Å². The van der Waals surface area contributed by atoms with Crippen LogP contribution in [0.5, 0.6) is 0 Å². The van der Waals surface area contributed by atoms with E-state index < -0.39 is 54.3 Å². The molecule has 0 bridgehead atoms.